The minimum Gasteiger partial charge on any atom is -0.478 e. The molecule has 6 heteroatoms. The van der Waals surface area contributed by atoms with Gasteiger partial charge in [0.15, 0.2) is 5.65 Å². The summed E-state index contributed by atoms with van der Waals surface area (Å²) in [6.45, 7) is 2.82. The zero-order valence-electron chi connectivity index (χ0n) is 9.53. The van der Waals surface area contributed by atoms with Gasteiger partial charge in [0.2, 0.25) is 0 Å². The molecule has 0 radical (unpaired) electrons. The van der Waals surface area contributed by atoms with Gasteiger partial charge in [-0.15, -0.1) is 0 Å². The lowest BCUT2D eigenvalue weighted by atomic mass is 10.2. The van der Waals surface area contributed by atoms with E-state index in [0.717, 1.165) is 19.4 Å². The van der Waals surface area contributed by atoms with E-state index < -0.39 is 5.97 Å². The molecule has 0 fully saturated rings. The molecule has 3 N–H and O–H groups in total. The fourth-order valence-corrected chi connectivity index (χ4v) is 1.64. The topological polar surface area (TPSA) is 90.9 Å². The summed E-state index contributed by atoms with van der Waals surface area (Å²) in [6.07, 6.45) is 4.97. The molecule has 90 valence electrons. The second kappa shape index (κ2) is 4.82. The maximum Gasteiger partial charge on any atom is 0.339 e. The summed E-state index contributed by atoms with van der Waals surface area (Å²) in [5, 5.41) is 19.6. The molecular formula is C11H14N4O2. The first-order chi connectivity index (χ1) is 8.24. The number of carboxylic acids is 1. The lowest BCUT2D eigenvalue weighted by Crippen LogP contribution is -2.08. The number of aromatic nitrogens is 3. The molecule has 0 saturated heterocycles. The highest BCUT2D eigenvalue weighted by molar-refractivity contribution is 6.03. The van der Waals surface area contributed by atoms with E-state index in [9.17, 15) is 4.79 Å². The van der Waals surface area contributed by atoms with E-state index in [1.54, 1.807) is 6.20 Å². The molecule has 0 spiro atoms. The van der Waals surface area contributed by atoms with E-state index in [0.29, 0.717) is 16.7 Å². The van der Waals surface area contributed by atoms with Crippen molar-refractivity contribution < 1.29 is 9.90 Å². The minimum absolute atomic E-state index is 0.176. The number of aromatic amines is 1. The van der Waals surface area contributed by atoms with Crippen LogP contribution in [-0.4, -0.2) is 32.8 Å². The van der Waals surface area contributed by atoms with Gasteiger partial charge in [-0.3, -0.25) is 5.10 Å². The molecule has 0 aliphatic rings. The largest absolute Gasteiger partial charge is 0.478 e. The molecule has 0 aliphatic carbocycles. The second-order valence-corrected chi connectivity index (χ2v) is 3.76. The van der Waals surface area contributed by atoms with Gasteiger partial charge in [-0.1, -0.05) is 13.3 Å². The highest BCUT2D eigenvalue weighted by atomic mass is 16.4. The maximum absolute atomic E-state index is 11.1. The lowest BCUT2D eigenvalue weighted by molar-refractivity contribution is 0.0697. The Morgan fingerprint density at radius 3 is 3.06 bits per heavy atom. The molecular weight excluding hydrogens is 220 g/mol. The molecule has 2 heterocycles. The molecule has 17 heavy (non-hydrogen) atoms. The van der Waals surface area contributed by atoms with E-state index in [4.69, 9.17) is 5.11 Å². The van der Waals surface area contributed by atoms with Crippen LogP contribution in [0.1, 0.15) is 30.1 Å². The predicted octanol–water partition coefficient (Wildman–Crippen LogP) is 1.87. The van der Waals surface area contributed by atoms with Gasteiger partial charge < -0.3 is 10.4 Å². The maximum atomic E-state index is 11.1. The van der Waals surface area contributed by atoms with E-state index in [1.807, 2.05) is 0 Å². The quantitative estimate of drug-likeness (QED) is 0.687. The summed E-state index contributed by atoms with van der Waals surface area (Å²) in [6, 6.07) is 0. The number of nitrogens with one attached hydrogen (secondary N) is 2. The van der Waals surface area contributed by atoms with Crippen molar-refractivity contribution in [3.63, 3.8) is 0 Å². The van der Waals surface area contributed by atoms with Gasteiger partial charge in [-0.2, -0.15) is 5.10 Å². The highest BCUT2D eigenvalue weighted by Gasteiger charge is 2.15. The van der Waals surface area contributed by atoms with Gasteiger partial charge in [0.05, 0.1) is 17.3 Å². The number of aromatic carboxylic acids is 1. The van der Waals surface area contributed by atoms with Gasteiger partial charge in [-0.25, -0.2) is 9.78 Å². The van der Waals surface area contributed by atoms with Crippen LogP contribution in [0.5, 0.6) is 0 Å². The molecule has 6 nitrogen and oxygen atoms in total. The Morgan fingerprint density at radius 1 is 1.53 bits per heavy atom. The smallest absolute Gasteiger partial charge is 0.339 e. The van der Waals surface area contributed by atoms with Crippen molar-refractivity contribution in [1.82, 2.24) is 15.2 Å². The third kappa shape index (κ3) is 2.20. The first kappa shape index (κ1) is 11.4. The summed E-state index contributed by atoms with van der Waals surface area (Å²) in [7, 11) is 0. The second-order valence-electron chi connectivity index (χ2n) is 3.76. The number of carboxylic acid groups (broad SMARTS) is 1. The van der Waals surface area contributed by atoms with Crippen molar-refractivity contribution in [3.05, 3.63) is 18.0 Å². The molecule has 0 aliphatic heterocycles. The van der Waals surface area contributed by atoms with Crippen LogP contribution in [0.15, 0.2) is 12.4 Å². The Kier molecular flexibility index (Phi) is 3.22. The average Bonchev–Trinajstić information content (AvgIpc) is 2.77. The van der Waals surface area contributed by atoms with Crippen LogP contribution < -0.4 is 5.32 Å². The number of rotatable bonds is 5. The number of pyridine rings is 1. The number of anilines is 1. The van der Waals surface area contributed by atoms with Crippen molar-refractivity contribution in [2.45, 2.75) is 19.8 Å². The molecule has 0 aromatic carbocycles. The van der Waals surface area contributed by atoms with E-state index in [1.165, 1.54) is 6.20 Å². The number of hydrogen-bond acceptors (Lipinski definition) is 4. The first-order valence-electron chi connectivity index (χ1n) is 5.53. The minimum atomic E-state index is -0.986. The van der Waals surface area contributed by atoms with Crippen molar-refractivity contribution >= 4 is 22.7 Å². The van der Waals surface area contributed by atoms with Crippen LogP contribution in [0.25, 0.3) is 11.0 Å². The summed E-state index contributed by atoms with van der Waals surface area (Å²) in [5.74, 6) is -0.986. The Balaban J connectivity index is 2.42. The van der Waals surface area contributed by atoms with Gasteiger partial charge in [0, 0.05) is 12.7 Å². The molecule has 2 rings (SSSR count). The number of fused-ring (bicyclic) bond motifs is 1. The molecule has 0 bridgehead atoms. The van der Waals surface area contributed by atoms with E-state index >= 15 is 0 Å². The zero-order chi connectivity index (χ0) is 12.3. The number of carbonyl (C=O) groups is 1. The molecule has 0 atom stereocenters. The molecule has 2 aromatic rings. The summed E-state index contributed by atoms with van der Waals surface area (Å²) in [4.78, 5) is 15.1. The molecule has 0 amide bonds. The molecule has 2 aromatic heterocycles. The lowest BCUT2D eigenvalue weighted by Gasteiger charge is -2.09. The van der Waals surface area contributed by atoms with Crippen molar-refractivity contribution in [1.29, 1.82) is 0 Å². The van der Waals surface area contributed by atoms with Crippen LogP contribution >= 0.6 is 0 Å². The summed E-state index contributed by atoms with van der Waals surface area (Å²) >= 11 is 0. The normalized spacial score (nSPS) is 10.6. The molecule has 0 unspecified atom stereocenters. The Labute approximate surface area is 98.1 Å². The summed E-state index contributed by atoms with van der Waals surface area (Å²) in [5.41, 5.74) is 1.36. The van der Waals surface area contributed by atoms with Gasteiger partial charge >= 0.3 is 5.97 Å². The fraction of sp³-hybridized carbons (Fsp3) is 0.364. The van der Waals surface area contributed by atoms with Crippen molar-refractivity contribution in [3.8, 4) is 0 Å². The monoisotopic (exact) mass is 234 g/mol. The average molecular weight is 234 g/mol. The van der Waals surface area contributed by atoms with Crippen LogP contribution in [0.2, 0.25) is 0 Å². The summed E-state index contributed by atoms with van der Waals surface area (Å²) < 4.78 is 0. The fourth-order valence-electron chi connectivity index (χ4n) is 1.64. The van der Waals surface area contributed by atoms with Gasteiger partial charge in [-0.05, 0) is 6.42 Å². The number of nitrogens with zero attached hydrogens (tertiary/aromatic N) is 2. The van der Waals surface area contributed by atoms with Gasteiger partial charge in [0.25, 0.3) is 0 Å². The standard InChI is InChI=1S/C11H14N4O2/c1-2-3-4-12-9-7-6-14-15-10(7)13-5-8(9)11(16)17/h5-6H,2-4H2,1H3,(H,16,17)(H2,12,13,14,15). The third-order valence-electron chi connectivity index (χ3n) is 2.54. The van der Waals surface area contributed by atoms with Gasteiger partial charge in [0.1, 0.15) is 5.56 Å². The Morgan fingerprint density at radius 2 is 2.35 bits per heavy atom. The van der Waals surface area contributed by atoms with Crippen molar-refractivity contribution in [2.24, 2.45) is 0 Å². The van der Waals surface area contributed by atoms with Crippen LogP contribution in [0, 0.1) is 0 Å². The highest BCUT2D eigenvalue weighted by Crippen LogP contribution is 2.24. The number of H-pyrrole nitrogens is 1. The number of unbranched alkanes of at least 4 members (excludes halogenated alkanes) is 1. The predicted molar refractivity (Wildman–Crippen MR) is 64.2 cm³/mol. The Bertz CT molecular complexity index is 535. The van der Waals surface area contributed by atoms with E-state index in [-0.39, 0.29) is 5.56 Å². The van der Waals surface area contributed by atoms with Crippen LogP contribution in [-0.2, 0) is 0 Å². The van der Waals surface area contributed by atoms with Crippen LogP contribution in [0.3, 0.4) is 0 Å². The number of hydrogen-bond donors (Lipinski definition) is 3. The Hall–Kier alpha value is -2.11. The molecule has 0 saturated carbocycles. The SMILES string of the molecule is CCCCNc1c(C(=O)O)cnc2[nH]ncc12. The zero-order valence-corrected chi connectivity index (χ0v) is 9.53. The van der Waals surface area contributed by atoms with Crippen LogP contribution in [0.4, 0.5) is 5.69 Å². The van der Waals surface area contributed by atoms with E-state index in [2.05, 4.69) is 27.4 Å². The van der Waals surface area contributed by atoms with Crippen molar-refractivity contribution in [2.75, 3.05) is 11.9 Å². The third-order valence-corrected chi connectivity index (χ3v) is 2.54. The first-order valence-corrected chi connectivity index (χ1v) is 5.53.